The summed E-state index contributed by atoms with van der Waals surface area (Å²) in [6.07, 6.45) is 3.43. The molecule has 1 heterocycles. The SMILES string of the molecule is C=C(C)C(=O)SN1C=CN(SC(=O)C(=C)C)S1. The van der Waals surface area contributed by atoms with Crippen molar-refractivity contribution < 1.29 is 9.59 Å². The Morgan fingerprint density at radius 2 is 1.35 bits per heavy atom. The minimum atomic E-state index is -0.0970. The molecule has 0 aromatic heterocycles. The van der Waals surface area contributed by atoms with Crippen LogP contribution in [0, 0.1) is 0 Å². The predicted octanol–water partition coefficient (Wildman–Crippen LogP) is 3.14. The van der Waals surface area contributed by atoms with E-state index < -0.39 is 0 Å². The van der Waals surface area contributed by atoms with Gasteiger partial charge in [0.2, 0.25) is 10.2 Å². The first-order valence-electron chi connectivity index (χ1n) is 4.60. The van der Waals surface area contributed by atoms with Crippen molar-refractivity contribution >= 4 is 46.3 Å². The minimum absolute atomic E-state index is 0.0970. The summed E-state index contributed by atoms with van der Waals surface area (Å²) < 4.78 is 3.32. The largest absolute Gasteiger partial charge is 0.280 e. The maximum Gasteiger partial charge on any atom is 0.235 e. The third-order valence-electron chi connectivity index (χ3n) is 1.51. The summed E-state index contributed by atoms with van der Waals surface area (Å²) in [7, 11) is 0. The highest BCUT2D eigenvalue weighted by Crippen LogP contribution is 2.38. The van der Waals surface area contributed by atoms with Crippen LogP contribution in [0.2, 0.25) is 0 Å². The molecule has 0 bridgehead atoms. The van der Waals surface area contributed by atoms with Crippen LogP contribution in [0.1, 0.15) is 13.8 Å². The Labute approximate surface area is 114 Å². The van der Waals surface area contributed by atoms with Crippen LogP contribution >= 0.6 is 36.0 Å². The second kappa shape index (κ2) is 6.23. The molecule has 0 N–H and O–H groups in total. The van der Waals surface area contributed by atoms with Gasteiger partial charge in [-0.15, -0.1) is 0 Å². The van der Waals surface area contributed by atoms with E-state index in [4.69, 9.17) is 0 Å². The second-order valence-corrected chi connectivity index (χ2v) is 6.57. The van der Waals surface area contributed by atoms with E-state index in [2.05, 4.69) is 13.2 Å². The van der Waals surface area contributed by atoms with E-state index in [1.807, 2.05) is 0 Å². The summed E-state index contributed by atoms with van der Waals surface area (Å²) in [6, 6.07) is 0. The van der Waals surface area contributed by atoms with E-state index >= 15 is 0 Å². The fourth-order valence-electron chi connectivity index (χ4n) is 0.656. The summed E-state index contributed by atoms with van der Waals surface area (Å²) in [6.45, 7) is 10.5. The first kappa shape index (κ1) is 14.3. The highest BCUT2D eigenvalue weighted by atomic mass is 32.3. The van der Waals surface area contributed by atoms with Crippen molar-refractivity contribution in [3.05, 3.63) is 36.7 Å². The number of hydrogen-bond donors (Lipinski definition) is 0. The zero-order valence-electron chi connectivity index (χ0n) is 9.50. The van der Waals surface area contributed by atoms with Crippen molar-refractivity contribution in [1.29, 1.82) is 0 Å². The summed E-state index contributed by atoms with van der Waals surface area (Å²) >= 11 is 3.33. The van der Waals surface area contributed by atoms with E-state index in [-0.39, 0.29) is 10.2 Å². The molecule has 0 unspecified atom stereocenters. The standard InChI is InChI=1S/C10H12N2O2S3/c1-7(2)9(13)15-11-5-6-12(17-11)16-10(14)8(3)4/h5-6H,1,3H2,2,4H3. The highest BCUT2D eigenvalue weighted by molar-refractivity contribution is 8.25. The first-order valence-corrected chi connectivity index (χ1v) is 6.88. The molecule has 0 aromatic rings. The molecule has 1 aliphatic rings. The van der Waals surface area contributed by atoms with Crippen molar-refractivity contribution in [3.63, 3.8) is 0 Å². The summed E-state index contributed by atoms with van der Waals surface area (Å²) in [4.78, 5) is 22.8. The molecule has 1 aliphatic heterocycles. The summed E-state index contributed by atoms with van der Waals surface area (Å²) in [5.41, 5.74) is 0.987. The van der Waals surface area contributed by atoms with Crippen molar-refractivity contribution in [2.45, 2.75) is 13.8 Å². The Bertz CT molecular complexity index is 370. The Balaban J connectivity index is 2.41. The van der Waals surface area contributed by atoms with Crippen molar-refractivity contribution in [2.24, 2.45) is 0 Å². The zero-order chi connectivity index (χ0) is 13.0. The van der Waals surface area contributed by atoms with E-state index in [1.54, 1.807) is 33.7 Å². The van der Waals surface area contributed by atoms with Gasteiger partial charge in [-0.1, -0.05) is 13.2 Å². The molecule has 0 fully saturated rings. The van der Waals surface area contributed by atoms with E-state index in [1.165, 1.54) is 12.1 Å². The summed E-state index contributed by atoms with van der Waals surface area (Å²) in [5, 5.41) is -0.194. The molecule has 0 amide bonds. The average Bonchev–Trinajstić information content (AvgIpc) is 2.65. The number of rotatable bonds is 4. The first-order chi connectivity index (χ1) is 7.90. The topological polar surface area (TPSA) is 40.6 Å². The van der Waals surface area contributed by atoms with Crippen LogP contribution in [0.15, 0.2) is 36.7 Å². The molecular formula is C10H12N2O2S3. The van der Waals surface area contributed by atoms with Crippen LogP contribution < -0.4 is 0 Å². The van der Waals surface area contributed by atoms with Crippen molar-refractivity contribution in [2.75, 3.05) is 0 Å². The monoisotopic (exact) mass is 288 g/mol. The van der Waals surface area contributed by atoms with Gasteiger partial charge in [0.15, 0.2) is 0 Å². The lowest BCUT2D eigenvalue weighted by Crippen LogP contribution is -2.05. The second-order valence-electron chi connectivity index (χ2n) is 3.27. The average molecular weight is 288 g/mol. The normalized spacial score (nSPS) is 14.0. The van der Waals surface area contributed by atoms with Gasteiger partial charge in [-0.05, 0) is 25.0 Å². The molecule has 0 spiro atoms. The van der Waals surface area contributed by atoms with Gasteiger partial charge in [-0.25, -0.2) is 7.42 Å². The van der Waals surface area contributed by atoms with E-state index in [0.29, 0.717) is 11.1 Å². The maximum absolute atomic E-state index is 11.4. The summed E-state index contributed by atoms with van der Waals surface area (Å²) in [5.74, 6) is 0. The van der Waals surface area contributed by atoms with Crippen LogP contribution in [0.3, 0.4) is 0 Å². The van der Waals surface area contributed by atoms with E-state index in [9.17, 15) is 9.59 Å². The van der Waals surface area contributed by atoms with Gasteiger partial charge in [0.05, 0.1) is 12.1 Å². The molecule has 17 heavy (non-hydrogen) atoms. The van der Waals surface area contributed by atoms with Gasteiger partial charge in [-0.2, -0.15) is 0 Å². The van der Waals surface area contributed by atoms with Gasteiger partial charge in [-0.3, -0.25) is 9.59 Å². The quantitative estimate of drug-likeness (QED) is 0.581. The Morgan fingerprint density at radius 1 is 1.00 bits per heavy atom. The predicted molar refractivity (Wildman–Crippen MR) is 75.2 cm³/mol. The molecule has 4 nitrogen and oxygen atoms in total. The van der Waals surface area contributed by atoms with Crippen molar-refractivity contribution in [1.82, 2.24) is 7.42 Å². The maximum atomic E-state index is 11.4. The van der Waals surface area contributed by atoms with Gasteiger partial charge in [0.1, 0.15) is 0 Å². The van der Waals surface area contributed by atoms with Crippen LogP contribution in [-0.4, -0.2) is 17.7 Å². The third kappa shape index (κ3) is 4.53. The van der Waals surface area contributed by atoms with Crippen LogP contribution in [0.4, 0.5) is 0 Å². The van der Waals surface area contributed by atoms with Gasteiger partial charge >= 0.3 is 0 Å². The molecular weight excluding hydrogens is 276 g/mol. The molecule has 0 atom stereocenters. The minimum Gasteiger partial charge on any atom is -0.280 e. The lowest BCUT2D eigenvalue weighted by Gasteiger charge is -2.15. The third-order valence-corrected chi connectivity index (χ3v) is 4.56. The number of carbonyl (C=O) groups excluding carboxylic acids is 2. The fourth-order valence-corrected chi connectivity index (χ4v) is 3.13. The molecule has 0 saturated heterocycles. The Hall–Kier alpha value is -0.790. The van der Waals surface area contributed by atoms with Gasteiger partial charge in [0, 0.05) is 36.3 Å². The van der Waals surface area contributed by atoms with Crippen LogP contribution in [0.5, 0.6) is 0 Å². The molecule has 0 saturated carbocycles. The van der Waals surface area contributed by atoms with Crippen molar-refractivity contribution in [3.8, 4) is 0 Å². The number of carbonyl (C=O) groups is 2. The molecule has 0 aromatic carbocycles. The molecule has 7 heteroatoms. The smallest absolute Gasteiger partial charge is 0.235 e. The molecule has 92 valence electrons. The fraction of sp³-hybridized carbons (Fsp3) is 0.200. The zero-order valence-corrected chi connectivity index (χ0v) is 12.0. The van der Waals surface area contributed by atoms with Crippen LogP contribution in [-0.2, 0) is 9.59 Å². The molecule has 1 rings (SSSR count). The number of nitrogens with zero attached hydrogens (tertiary/aromatic N) is 2. The number of hydrogen-bond acceptors (Lipinski definition) is 7. The highest BCUT2D eigenvalue weighted by Gasteiger charge is 2.21. The van der Waals surface area contributed by atoms with E-state index in [0.717, 1.165) is 23.9 Å². The van der Waals surface area contributed by atoms with Crippen LogP contribution in [0.25, 0.3) is 0 Å². The Morgan fingerprint density at radius 3 is 1.65 bits per heavy atom. The lowest BCUT2D eigenvalue weighted by atomic mass is 10.4. The lowest BCUT2D eigenvalue weighted by molar-refractivity contribution is -0.108. The molecule has 0 aliphatic carbocycles. The van der Waals surface area contributed by atoms with Gasteiger partial charge in [0.25, 0.3) is 0 Å². The molecule has 0 radical (unpaired) electrons. The Kier molecular flexibility index (Phi) is 5.23. The van der Waals surface area contributed by atoms with Gasteiger partial charge < -0.3 is 0 Å².